The molecule has 0 aliphatic carbocycles. The Hall–Kier alpha value is -0.380. The zero-order chi connectivity index (χ0) is 15.0. The van der Waals surface area contributed by atoms with E-state index in [0.29, 0.717) is 0 Å². The van der Waals surface area contributed by atoms with Gasteiger partial charge in [0.15, 0.2) is 0 Å². The van der Waals surface area contributed by atoms with Crippen molar-refractivity contribution in [2.24, 2.45) is 0 Å². The van der Waals surface area contributed by atoms with Gasteiger partial charge in [-0.2, -0.15) is 0 Å². The van der Waals surface area contributed by atoms with Crippen LogP contribution < -0.4 is 5.32 Å². The number of ether oxygens (including phenoxy) is 1. The summed E-state index contributed by atoms with van der Waals surface area (Å²) in [7, 11) is 0. The van der Waals surface area contributed by atoms with Gasteiger partial charge < -0.3 is 10.1 Å². The molecule has 0 heterocycles. The quantitative estimate of drug-likeness (QED) is 0.665. The molecule has 0 bridgehead atoms. The topological polar surface area (TPSA) is 21.3 Å². The minimum Gasteiger partial charge on any atom is -0.372 e. The molecular formula is C17H28BrNO. The first-order chi connectivity index (χ1) is 9.44. The highest BCUT2D eigenvalue weighted by Crippen LogP contribution is 2.26. The minimum atomic E-state index is 0.0988. The maximum absolute atomic E-state index is 6.11. The van der Waals surface area contributed by atoms with Crippen LogP contribution in [0.15, 0.2) is 28.7 Å². The third-order valence-corrected chi connectivity index (χ3v) is 3.86. The summed E-state index contributed by atoms with van der Waals surface area (Å²) in [5.41, 5.74) is 1.33. The highest BCUT2D eigenvalue weighted by atomic mass is 79.9. The van der Waals surface area contributed by atoms with Crippen molar-refractivity contribution >= 4 is 15.9 Å². The lowest BCUT2D eigenvalue weighted by Gasteiger charge is -2.26. The second kappa shape index (κ2) is 8.81. The molecule has 2 nitrogen and oxygen atoms in total. The largest absolute Gasteiger partial charge is 0.372 e. The van der Waals surface area contributed by atoms with Gasteiger partial charge in [-0.1, -0.05) is 53.9 Å². The van der Waals surface area contributed by atoms with E-state index in [1.54, 1.807) is 0 Å². The molecule has 1 aromatic carbocycles. The van der Waals surface area contributed by atoms with E-state index in [2.05, 4.69) is 67.1 Å². The van der Waals surface area contributed by atoms with Crippen LogP contribution in [0.1, 0.15) is 58.6 Å². The monoisotopic (exact) mass is 341 g/mol. The average molecular weight is 342 g/mol. The normalized spacial score (nSPS) is 13.4. The molecule has 1 unspecified atom stereocenters. The number of nitrogens with one attached hydrogen (secondary N) is 1. The van der Waals surface area contributed by atoms with Gasteiger partial charge in [0.2, 0.25) is 0 Å². The molecule has 0 spiro atoms. The maximum atomic E-state index is 6.11. The molecule has 0 amide bonds. The highest BCUT2D eigenvalue weighted by molar-refractivity contribution is 9.10. The molecule has 0 radical (unpaired) electrons. The van der Waals surface area contributed by atoms with Gasteiger partial charge in [-0.05, 0) is 38.8 Å². The Morgan fingerprint density at radius 2 is 1.90 bits per heavy atom. The van der Waals surface area contributed by atoms with Crippen molar-refractivity contribution in [2.75, 3.05) is 13.2 Å². The van der Waals surface area contributed by atoms with E-state index in [1.807, 2.05) is 6.07 Å². The Balaban J connectivity index is 2.66. The molecule has 20 heavy (non-hydrogen) atoms. The number of hydrogen-bond donors (Lipinski definition) is 1. The van der Waals surface area contributed by atoms with Gasteiger partial charge in [0, 0.05) is 23.2 Å². The van der Waals surface area contributed by atoms with Gasteiger partial charge in [0.1, 0.15) is 0 Å². The minimum absolute atomic E-state index is 0.0988. The molecule has 114 valence electrons. The number of unbranched alkanes of at least 4 members (excludes halogenated alkanes) is 2. The third-order valence-electron chi connectivity index (χ3n) is 3.14. The summed E-state index contributed by atoms with van der Waals surface area (Å²) in [5, 5.41) is 3.54. The molecule has 0 aromatic heterocycles. The lowest BCUT2D eigenvalue weighted by molar-refractivity contribution is 0.0454. The van der Waals surface area contributed by atoms with Crippen LogP contribution in [-0.2, 0) is 4.74 Å². The van der Waals surface area contributed by atoms with Gasteiger partial charge in [-0.3, -0.25) is 0 Å². The molecule has 1 atom stereocenters. The van der Waals surface area contributed by atoms with E-state index < -0.39 is 0 Å². The Labute approximate surface area is 132 Å². The second-order valence-electron chi connectivity index (χ2n) is 6.22. The maximum Gasteiger partial charge on any atom is 0.0960 e. The van der Waals surface area contributed by atoms with Crippen molar-refractivity contribution < 1.29 is 4.74 Å². The fraction of sp³-hybridized carbons (Fsp3) is 0.647. The van der Waals surface area contributed by atoms with Crippen molar-refractivity contribution in [1.82, 2.24) is 5.32 Å². The van der Waals surface area contributed by atoms with Crippen molar-refractivity contribution in [2.45, 2.75) is 58.6 Å². The number of rotatable bonds is 8. The molecule has 0 saturated carbocycles. The lowest BCUT2D eigenvalue weighted by atomic mass is 10.1. The summed E-state index contributed by atoms with van der Waals surface area (Å²) in [6.07, 6.45) is 3.69. The highest BCUT2D eigenvalue weighted by Gasteiger charge is 2.18. The summed E-state index contributed by atoms with van der Waals surface area (Å²) in [6.45, 7) is 10.4. The molecule has 0 fully saturated rings. The van der Waals surface area contributed by atoms with Gasteiger partial charge in [0.25, 0.3) is 0 Å². The molecule has 0 aliphatic rings. The first-order valence-electron chi connectivity index (χ1n) is 7.55. The van der Waals surface area contributed by atoms with Gasteiger partial charge >= 0.3 is 0 Å². The van der Waals surface area contributed by atoms with Gasteiger partial charge in [-0.15, -0.1) is 0 Å². The van der Waals surface area contributed by atoms with E-state index in [-0.39, 0.29) is 11.6 Å². The van der Waals surface area contributed by atoms with E-state index in [1.165, 1.54) is 18.4 Å². The first kappa shape index (κ1) is 17.7. The van der Waals surface area contributed by atoms with Crippen LogP contribution in [0.2, 0.25) is 0 Å². The van der Waals surface area contributed by atoms with Crippen LogP contribution in [-0.4, -0.2) is 18.7 Å². The third kappa shape index (κ3) is 6.87. The van der Waals surface area contributed by atoms with Gasteiger partial charge in [-0.25, -0.2) is 0 Å². The van der Waals surface area contributed by atoms with E-state index >= 15 is 0 Å². The number of hydrogen-bond acceptors (Lipinski definition) is 2. The molecular weight excluding hydrogens is 314 g/mol. The molecule has 0 saturated heterocycles. The standard InChI is InChI=1S/C17H28BrNO/c1-5-6-9-12-20-16(13-19-17(2,3)4)14-10-7-8-11-15(14)18/h7-8,10-11,16,19H,5-6,9,12-13H2,1-4H3. The van der Waals surface area contributed by atoms with Gasteiger partial charge in [0.05, 0.1) is 6.10 Å². The molecule has 3 heteroatoms. The fourth-order valence-electron chi connectivity index (χ4n) is 1.97. The molecule has 1 aromatic rings. The van der Waals surface area contributed by atoms with Crippen molar-refractivity contribution in [3.8, 4) is 0 Å². The summed E-state index contributed by atoms with van der Waals surface area (Å²) in [4.78, 5) is 0. The fourth-order valence-corrected chi connectivity index (χ4v) is 2.51. The molecule has 0 aliphatic heterocycles. The van der Waals surface area contributed by atoms with Crippen LogP contribution in [0.4, 0.5) is 0 Å². The summed E-state index contributed by atoms with van der Waals surface area (Å²) in [5.74, 6) is 0. The van der Waals surface area contributed by atoms with E-state index in [0.717, 1.165) is 24.0 Å². The second-order valence-corrected chi connectivity index (χ2v) is 7.07. The van der Waals surface area contributed by atoms with Crippen LogP contribution in [0.5, 0.6) is 0 Å². The average Bonchev–Trinajstić information content (AvgIpc) is 2.38. The van der Waals surface area contributed by atoms with Crippen LogP contribution in [0.25, 0.3) is 0 Å². The SMILES string of the molecule is CCCCCOC(CNC(C)(C)C)c1ccccc1Br. The molecule has 1 N–H and O–H groups in total. The zero-order valence-electron chi connectivity index (χ0n) is 13.2. The predicted octanol–water partition coefficient (Wildman–Crippen LogP) is 5.09. The Morgan fingerprint density at radius 1 is 1.20 bits per heavy atom. The van der Waals surface area contributed by atoms with E-state index in [9.17, 15) is 0 Å². The molecule has 1 rings (SSSR count). The Bertz CT molecular complexity index is 387. The zero-order valence-corrected chi connectivity index (χ0v) is 14.8. The Morgan fingerprint density at radius 3 is 2.50 bits per heavy atom. The first-order valence-corrected chi connectivity index (χ1v) is 8.34. The smallest absolute Gasteiger partial charge is 0.0960 e. The Kier molecular flexibility index (Phi) is 7.78. The van der Waals surface area contributed by atoms with Crippen LogP contribution in [0.3, 0.4) is 0 Å². The van der Waals surface area contributed by atoms with Crippen molar-refractivity contribution in [1.29, 1.82) is 0 Å². The summed E-state index contributed by atoms with van der Waals surface area (Å²) >= 11 is 3.63. The van der Waals surface area contributed by atoms with Crippen LogP contribution >= 0.6 is 15.9 Å². The van der Waals surface area contributed by atoms with Crippen molar-refractivity contribution in [3.63, 3.8) is 0 Å². The number of benzene rings is 1. The summed E-state index contributed by atoms with van der Waals surface area (Å²) < 4.78 is 7.24. The number of halogens is 1. The summed E-state index contributed by atoms with van der Waals surface area (Å²) in [6, 6.07) is 8.33. The predicted molar refractivity (Wildman–Crippen MR) is 90.1 cm³/mol. The van der Waals surface area contributed by atoms with Crippen molar-refractivity contribution in [3.05, 3.63) is 34.3 Å². The van der Waals surface area contributed by atoms with Crippen LogP contribution in [0, 0.1) is 0 Å². The van der Waals surface area contributed by atoms with E-state index in [4.69, 9.17) is 4.74 Å². The lowest BCUT2D eigenvalue weighted by Crippen LogP contribution is -2.39.